The fourth-order valence-corrected chi connectivity index (χ4v) is 2.00. The van der Waals surface area contributed by atoms with Gasteiger partial charge in [-0.25, -0.2) is 0 Å². The van der Waals surface area contributed by atoms with Gasteiger partial charge in [0.1, 0.15) is 5.75 Å². The van der Waals surface area contributed by atoms with E-state index in [2.05, 4.69) is 37.4 Å². The first-order chi connectivity index (χ1) is 7.72. The number of nitrogens with one attached hydrogen (secondary N) is 1. The number of hydrogen-bond acceptors (Lipinski definition) is 2. The molecule has 0 saturated carbocycles. The van der Waals surface area contributed by atoms with Gasteiger partial charge >= 0.3 is 0 Å². The minimum Gasteiger partial charge on any atom is -0.496 e. The summed E-state index contributed by atoms with van der Waals surface area (Å²) in [6, 6.07) is 6.89. The van der Waals surface area contributed by atoms with Crippen LogP contribution < -0.4 is 10.1 Å². The zero-order chi connectivity index (χ0) is 12.0. The Bertz CT molecular complexity index is 323. The summed E-state index contributed by atoms with van der Waals surface area (Å²) in [5, 5.41) is 3.38. The molecule has 1 aromatic rings. The molecule has 2 nitrogen and oxygen atoms in total. The molecule has 0 aliphatic carbocycles. The van der Waals surface area contributed by atoms with Crippen LogP contribution in [0, 0.1) is 6.92 Å². The minimum absolute atomic E-state index is 0.463. The molecule has 0 radical (unpaired) electrons. The van der Waals surface area contributed by atoms with E-state index in [-0.39, 0.29) is 0 Å². The van der Waals surface area contributed by atoms with Crippen molar-refractivity contribution in [1.82, 2.24) is 5.32 Å². The first-order valence-electron chi connectivity index (χ1n) is 6.04. The predicted molar refractivity (Wildman–Crippen MR) is 69.1 cm³/mol. The Morgan fingerprint density at radius 1 is 1.38 bits per heavy atom. The molecule has 0 aliphatic rings. The van der Waals surface area contributed by atoms with E-state index in [1.54, 1.807) is 7.11 Å². The molecule has 0 heterocycles. The van der Waals surface area contributed by atoms with Gasteiger partial charge < -0.3 is 10.1 Å². The number of rotatable bonds is 6. The summed E-state index contributed by atoms with van der Waals surface area (Å²) in [7, 11) is 3.74. The standard InChI is InChI=1S/C14H23NO/c1-5-6-7-13(15-3)12-8-9-14(16-4)11(2)10-12/h8-10,13,15H,5-7H2,1-4H3. The van der Waals surface area contributed by atoms with Crippen LogP contribution in [0.1, 0.15) is 43.4 Å². The summed E-state index contributed by atoms with van der Waals surface area (Å²) in [4.78, 5) is 0. The SMILES string of the molecule is CCCCC(NC)c1ccc(OC)c(C)c1. The smallest absolute Gasteiger partial charge is 0.121 e. The van der Waals surface area contributed by atoms with E-state index < -0.39 is 0 Å². The molecule has 0 aliphatic heterocycles. The highest BCUT2D eigenvalue weighted by Crippen LogP contribution is 2.25. The van der Waals surface area contributed by atoms with E-state index in [4.69, 9.17) is 4.74 Å². The second kappa shape index (κ2) is 6.54. The number of aryl methyl sites for hydroxylation is 1. The van der Waals surface area contributed by atoms with Crippen molar-refractivity contribution in [1.29, 1.82) is 0 Å². The highest BCUT2D eigenvalue weighted by Gasteiger charge is 2.09. The molecule has 16 heavy (non-hydrogen) atoms. The average Bonchev–Trinajstić information content (AvgIpc) is 2.30. The largest absolute Gasteiger partial charge is 0.496 e. The maximum absolute atomic E-state index is 5.27. The summed E-state index contributed by atoms with van der Waals surface area (Å²) in [6.07, 6.45) is 3.70. The van der Waals surface area contributed by atoms with Crippen molar-refractivity contribution < 1.29 is 4.74 Å². The molecule has 0 saturated heterocycles. The Morgan fingerprint density at radius 3 is 2.62 bits per heavy atom. The maximum Gasteiger partial charge on any atom is 0.121 e. The Hall–Kier alpha value is -1.02. The Labute approximate surface area is 99.0 Å². The van der Waals surface area contributed by atoms with Gasteiger partial charge in [-0.1, -0.05) is 31.9 Å². The van der Waals surface area contributed by atoms with Gasteiger partial charge in [0.05, 0.1) is 7.11 Å². The quantitative estimate of drug-likeness (QED) is 0.794. The molecule has 1 N–H and O–H groups in total. The molecular formula is C14H23NO. The lowest BCUT2D eigenvalue weighted by molar-refractivity contribution is 0.411. The predicted octanol–water partition coefficient (Wildman–Crippen LogP) is 3.45. The van der Waals surface area contributed by atoms with Crippen LogP contribution in [0.4, 0.5) is 0 Å². The van der Waals surface area contributed by atoms with Gasteiger partial charge in [-0.05, 0) is 37.6 Å². The van der Waals surface area contributed by atoms with E-state index in [0.29, 0.717) is 6.04 Å². The summed E-state index contributed by atoms with van der Waals surface area (Å²) in [5.41, 5.74) is 2.56. The fraction of sp³-hybridized carbons (Fsp3) is 0.571. The molecule has 0 fully saturated rings. The van der Waals surface area contributed by atoms with Crippen molar-refractivity contribution in [3.63, 3.8) is 0 Å². The molecule has 1 aromatic carbocycles. The van der Waals surface area contributed by atoms with E-state index in [0.717, 1.165) is 5.75 Å². The highest BCUT2D eigenvalue weighted by atomic mass is 16.5. The van der Waals surface area contributed by atoms with Crippen molar-refractivity contribution in [2.45, 2.75) is 39.2 Å². The van der Waals surface area contributed by atoms with E-state index in [9.17, 15) is 0 Å². The number of methoxy groups -OCH3 is 1. The topological polar surface area (TPSA) is 21.3 Å². The van der Waals surface area contributed by atoms with Crippen LogP contribution in [0.3, 0.4) is 0 Å². The first kappa shape index (κ1) is 13.0. The molecule has 1 rings (SSSR count). The molecular weight excluding hydrogens is 198 g/mol. The monoisotopic (exact) mass is 221 g/mol. The molecule has 0 aromatic heterocycles. The van der Waals surface area contributed by atoms with Gasteiger partial charge in [0.25, 0.3) is 0 Å². The van der Waals surface area contributed by atoms with Gasteiger partial charge in [-0.15, -0.1) is 0 Å². The fourth-order valence-electron chi connectivity index (χ4n) is 2.00. The summed E-state index contributed by atoms with van der Waals surface area (Å²) >= 11 is 0. The zero-order valence-electron chi connectivity index (χ0n) is 10.8. The lowest BCUT2D eigenvalue weighted by Gasteiger charge is -2.17. The number of ether oxygens (including phenoxy) is 1. The highest BCUT2D eigenvalue weighted by molar-refractivity contribution is 5.37. The molecule has 1 unspecified atom stereocenters. The lowest BCUT2D eigenvalue weighted by atomic mass is 9.99. The normalized spacial score (nSPS) is 12.5. The summed E-state index contributed by atoms with van der Waals surface area (Å²) in [6.45, 7) is 4.32. The first-order valence-corrected chi connectivity index (χ1v) is 6.04. The van der Waals surface area contributed by atoms with Crippen LogP contribution in [0.2, 0.25) is 0 Å². The van der Waals surface area contributed by atoms with Crippen molar-refractivity contribution in [2.24, 2.45) is 0 Å². The van der Waals surface area contributed by atoms with E-state index in [1.165, 1.54) is 30.4 Å². The van der Waals surface area contributed by atoms with Crippen molar-refractivity contribution in [3.8, 4) is 5.75 Å². The number of benzene rings is 1. The second-order valence-electron chi connectivity index (χ2n) is 4.21. The third-order valence-electron chi connectivity index (χ3n) is 3.02. The molecule has 0 spiro atoms. The molecule has 0 bridgehead atoms. The van der Waals surface area contributed by atoms with Crippen molar-refractivity contribution >= 4 is 0 Å². The van der Waals surface area contributed by atoms with E-state index in [1.807, 2.05) is 7.05 Å². The second-order valence-corrected chi connectivity index (χ2v) is 4.21. The van der Waals surface area contributed by atoms with Crippen LogP contribution in [0.25, 0.3) is 0 Å². The number of unbranched alkanes of at least 4 members (excludes halogenated alkanes) is 1. The molecule has 2 heteroatoms. The summed E-state index contributed by atoms with van der Waals surface area (Å²) in [5.74, 6) is 0.967. The van der Waals surface area contributed by atoms with Crippen LogP contribution in [0.15, 0.2) is 18.2 Å². The van der Waals surface area contributed by atoms with Crippen LogP contribution in [-0.2, 0) is 0 Å². The number of hydrogen-bond donors (Lipinski definition) is 1. The van der Waals surface area contributed by atoms with Crippen LogP contribution in [0.5, 0.6) is 5.75 Å². The van der Waals surface area contributed by atoms with Gasteiger partial charge in [0, 0.05) is 6.04 Å². The maximum atomic E-state index is 5.27. The van der Waals surface area contributed by atoms with E-state index >= 15 is 0 Å². The third kappa shape index (κ3) is 3.24. The summed E-state index contributed by atoms with van der Waals surface area (Å²) < 4.78 is 5.27. The Balaban J connectivity index is 2.80. The lowest BCUT2D eigenvalue weighted by Crippen LogP contribution is -2.16. The van der Waals surface area contributed by atoms with Crippen LogP contribution >= 0.6 is 0 Å². The third-order valence-corrected chi connectivity index (χ3v) is 3.02. The van der Waals surface area contributed by atoms with Gasteiger partial charge in [0.2, 0.25) is 0 Å². The molecule has 0 amide bonds. The zero-order valence-corrected chi connectivity index (χ0v) is 10.8. The van der Waals surface area contributed by atoms with Crippen LogP contribution in [-0.4, -0.2) is 14.2 Å². The van der Waals surface area contributed by atoms with Gasteiger partial charge in [0.15, 0.2) is 0 Å². The minimum atomic E-state index is 0.463. The molecule has 90 valence electrons. The Kier molecular flexibility index (Phi) is 5.33. The Morgan fingerprint density at radius 2 is 2.12 bits per heavy atom. The van der Waals surface area contributed by atoms with Crippen molar-refractivity contribution in [3.05, 3.63) is 29.3 Å². The van der Waals surface area contributed by atoms with Gasteiger partial charge in [-0.3, -0.25) is 0 Å². The van der Waals surface area contributed by atoms with Gasteiger partial charge in [-0.2, -0.15) is 0 Å². The average molecular weight is 221 g/mol. The molecule has 1 atom stereocenters. The van der Waals surface area contributed by atoms with Crippen molar-refractivity contribution in [2.75, 3.05) is 14.2 Å².